The Morgan fingerprint density at radius 1 is 1.00 bits per heavy atom. The molecule has 0 unspecified atom stereocenters. The van der Waals surface area contributed by atoms with E-state index in [0.29, 0.717) is 12.2 Å². The van der Waals surface area contributed by atoms with Crippen LogP contribution in [0.15, 0.2) is 39.3 Å². The van der Waals surface area contributed by atoms with E-state index in [1.54, 1.807) is 0 Å². The van der Waals surface area contributed by atoms with Gasteiger partial charge < -0.3 is 4.52 Å². The topological polar surface area (TPSA) is 26.0 Å². The molecule has 0 aliphatic rings. The molecule has 2 rings (SSSR count). The van der Waals surface area contributed by atoms with Crippen molar-refractivity contribution in [2.75, 3.05) is 0 Å². The van der Waals surface area contributed by atoms with Gasteiger partial charge >= 0.3 is 0 Å². The predicted octanol–water partition coefficient (Wildman–Crippen LogP) is 7.34. The molecule has 5 heteroatoms. The molecule has 0 fully saturated rings. The largest absolute Gasteiger partial charge is 0.356 e. The Bertz CT molecular complexity index is 610. The average molecular weight is 400 g/mol. The van der Waals surface area contributed by atoms with Crippen LogP contribution in [0, 0.1) is 0 Å². The van der Waals surface area contributed by atoms with Crippen LogP contribution in [0.3, 0.4) is 0 Å². The van der Waals surface area contributed by atoms with Crippen molar-refractivity contribution in [3.8, 4) is 11.3 Å². The number of aromatic nitrogens is 1. The monoisotopic (exact) mass is 399 g/mol. The van der Waals surface area contributed by atoms with Gasteiger partial charge in [0, 0.05) is 22.5 Å². The normalized spacial score (nSPS) is 11.8. The minimum absolute atomic E-state index is 0.174. The Morgan fingerprint density at radius 3 is 2.29 bits per heavy atom. The lowest BCUT2D eigenvalue weighted by Crippen LogP contribution is -2.13. The second kappa shape index (κ2) is 9.30. The van der Waals surface area contributed by atoms with Gasteiger partial charge in [-0.2, -0.15) is 8.78 Å². The summed E-state index contributed by atoms with van der Waals surface area (Å²) in [4.78, 5) is 0. The van der Waals surface area contributed by atoms with E-state index in [1.165, 1.54) is 25.3 Å². The lowest BCUT2D eigenvalue weighted by Gasteiger charge is -2.12. The van der Waals surface area contributed by atoms with Crippen molar-refractivity contribution < 1.29 is 13.3 Å². The summed E-state index contributed by atoms with van der Waals surface area (Å²) in [6, 6.07) is 8.65. The molecule has 0 bridgehead atoms. The maximum atomic E-state index is 14.2. The van der Waals surface area contributed by atoms with E-state index in [1.807, 2.05) is 24.3 Å². The summed E-state index contributed by atoms with van der Waals surface area (Å²) in [6.45, 7) is 2.17. The van der Waals surface area contributed by atoms with Crippen LogP contribution in [-0.2, 0) is 5.92 Å². The van der Waals surface area contributed by atoms with Gasteiger partial charge in [0.2, 0.25) is 0 Å². The van der Waals surface area contributed by atoms with Crippen molar-refractivity contribution in [2.24, 2.45) is 0 Å². The van der Waals surface area contributed by atoms with Gasteiger partial charge in [0.25, 0.3) is 5.92 Å². The Hall–Kier alpha value is -1.23. The number of benzene rings is 1. The quantitative estimate of drug-likeness (QED) is 0.390. The molecule has 0 spiro atoms. The fourth-order valence-electron chi connectivity index (χ4n) is 2.63. The number of hydrogen-bond acceptors (Lipinski definition) is 2. The lowest BCUT2D eigenvalue weighted by atomic mass is 10.0. The highest BCUT2D eigenvalue weighted by Crippen LogP contribution is 2.35. The highest BCUT2D eigenvalue weighted by molar-refractivity contribution is 9.10. The number of nitrogens with zero attached hydrogens (tertiary/aromatic N) is 1. The van der Waals surface area contributed by atoms with E-state index in [-0.39, 0.29) is 12.1 Å². The Kier molecular flexibility index (Phi) is 7.40. The highest BCUT2D eigenvalue weighted by atomic mass is 79.9. The third-order valence-corrected chi connectivity index (χ3v) is 4.64. The molecule has 0 aliphatic heterocycles. The van der Waals surface area contributed by atoms with Crippen molar-refractivity contribution in [3.63, 3.8) is 0 Å². The molecule has 0 saturated heterocycles. The molecule has 1 aromatic carbocycles. The van der Waals surface area contributed by atoms with Crippen molar-refractivity contribution in [1.29, 1.82) is 0 Å². The average Bonchev–Trinajstić information content (AvgIpc) is 3.05. The Labute approximate surface area is 150 Å². The first kappa shape index (κ1) is 19.1. The van der Waals surface area contributed by atoms with Crippen LogP contribution in [-0.4, -0.2) is 5.16 Å². The van der Waals surface area contributed by atoms with Crippen molar-refractivity contribution >= 4 is 15.9 Å². The number of halogens is 3. The first-order valence-electron chi connectivity index (χ1n) is 8.64. The zero-order valence-corrected chi connectivity index (χ0v) is 15.6. The van der Waals surface area contributed by atoms with Gasteiger partial charge in [0.15, 0.2) is 11.5 Å². The molecule has 1 aromatic heterocycles. The van der Waals surface area contributed by atoms with Crippen LogP contribution in [0.1, 0.15) is 64.0 Å². The second-order valence-corrected chi connectivity index (χ2v) is 7.07. The number of hydrogen-bond donors (Lipinski definition) is 0. The standard InChI is InChI=1S/C19H24BrF2NO/c1-2-3-4-5-6-7-8-13-19(21,22)18-14-17(24-23-18)15-9-11-16(20)12-10-15/h9-12,14H,2-8,13H2,1H3. The summed E-state index contributed by atoms with van der Waals surface area (Å²) in [5, 5.41) is 3.59. The fourth-order valence-corrected chi connectivity index (χ4v) is 2.89. The van der Waals surface area contributed by atoms with E-state index >= 15 is 0 Å². The fraction of sp³-hybridized carbons (Fsp3) is 0.526. The summed E-state index contributed by atoms with van der Waals surface area (Å²) in [5.74, 6) is -2.56. The van der Waals surface area contributed by atoms with Crippen molar-refractivity contribution in [2.45, 2.75) is 64.2 Å². The number of unbranched alkanes of at least 4 members (excludes halogenated alkanes) is 6. The SMILES string of the molecule is CCCCCCCCCC(F)(F)c1cc(-c2ccc(Br)cc2)on1. The van der Waals surface area contributed by atoms with E-state index < -0.39 is 5.92 Å². The minimum Gasteiger partial charge on any atom is -0.356 e. The summed E-state index contributed by atoms with van der Waals surface area (Å²) >= 11 is 3.34. The van der Waals surface area contributed by atoms with E-state index in [9.17, 15) is 8.78 Å². The van der Waals surface area contributed by atoms with Gasteiger partial charge in [-0.1, -0.05) is 78.7 Å². The van der Waals surface area contributed by atoms with E-state index in [0.717, 1.165) is 29.3 Å². The molecule has 0 radical (unpaired) electrons. The predicted molar refractivity (Wildman–Crippen MR) is 96.1 cm³/mol. The Morgan fingerprint density at radius 2 is 1.62 bits per heavy atom. The van der Waals surface area contributed by atoms with Gasteiger partial charge in [0.1, 0.15) is 0 Å². The van der Waals surface area contributed by atoms with E-state index in [2.05, 4.69) is 28.0 Å². The van der Waals surface area contributed by atoms with Crippen molar-refractivity contribution in [1.82, 2.24) is 5.16 Å². The van der Waals surface area contributed by atoms with Crippen LogP contribution in [0.4, 0.5) is 8.78 Å². The maximum Gasteiger partial charge on any atom is 0.293 e. The molecular formula is C19H24BrF2NO. The first-order valence-corrected chi connectivity index (χ1v) is 9.43. The zero-order valence-electron chi connectivity index (χ0n) is 14.0. The van der Waals surface area contributed by atoms with Gasteiger partial charge in [0.05, 0.1) is 0 Å². The van der Waals surface area contributed by atoms with Gasteiger partial charge in [-0.3, -0.25) is 0 Å². The molecule has 0 atom stereocenters. The smallest absolute Gasteiger partial charge is 0.293 e. The minimum atomic E-state index is -2.93. The molecule has 0 aliphatic carbocycles. The molecule has 2 aromatic rings. The van der Waals surface area contributed by atoms with Crippen LogP contribution in [0.5, 0.6) is 0 Å². The molecule has 2 nitrogen and oxygen atoms in total. The van der Waals surface area contributed by atoms with E-state index in [4.69, 9.17) is 4.52 Å². The molecule has 0 N–H and O–H groups in total. The third-order valence-electron chi connectivity index (χ3n) is 4.11. The molecule has 1 heterocycles. The zero-order chi connectivity index (χ0) is 17.4. The number of rotatable bonds is 10. The molecule has 0 saturated carbocycles. The number of alkyl halides is 2. The van der Waals surface area contributed by atoms with Gasteiger partial charge in [-0.15, -0.1) is 0 Å². The van der Waals surface area contributed by atoms with Crippen LogP contribution < -0.4 is 0 Å². The molecule has 24 heavy (non-hydrogen) atoms. The van der Waals surface area contributed by atoms with Gasteiger partial charge in [-0.05, 0) is 18.6 Å². The second-order valence-electron chi connectivity index (χ2n) is 6.16. The molecule has 132 valence electrons. The third kappa shape index (κ3) is 5.69. The highest BCUT2D eigenvalue weighted by Gasteiger charge is 2.34. The molecule has 0 amide bonds. The van der Waals surface area contributed by atoms with Crippen LogP contribution in [0.2, 0.25) is 0 Å². The summed E-state index contributed by atoms with van der Waals surface area (Å²) in [6.07, 6.45) is 6.98. The van der Waals surface area contributed by atoms with Crippen LogP contribution in [0.25, 0.3) is 11.3 Å². The summed E-state index contributed by atoms with van der Waals surface area (Å²) in [7, 11) is 0. The van der Waals surface area contributed by atoms with Crippen LogP contribution >= 0.6 is 15.9 Å². The molecular weight excluding hydrogens is 376 g/mol. The summed E-state index contributed by atoms with van der Waals surface area (Å²) < 4.78 is 34.5. The van der Waals surface area contributed by atoms with Crippen molar-refractivity contribution in [3.05, 3.63) is 40.5 Å². The summed E-state index contributed by atoms with van der Waals surface area (Å²) in [5.41, 5.74) is 0.468. The first-order chi connectivity index (χ1) is 11.5. The lowest BCUT2D eigenvalue weighted by molar-refractivity contribution is -0.0227. The van der Waals surface area contributed by atoms with Gasteiger partial charge in [-0.25, -0.2) is 0 Å². The Balaban J connectivity index is 1.84. The maximum absolute atomic E-state index is 14.2.